The van der Waals surface area contributed by atoms with Gasteiger partial charge in [0.15, 0.2) is 0 Å². The first kappa shape index (κ1) is 13.2. The molecule has 0 aliphatic carbocycles. The summed E-state index contributed by atoms with van der Waals surface area (Å²) in [6.07, 6.45) is 0. The van der Waals surface area contributed by atoms with Gasteiger partial charge in [-0.1, -0.05) is 24.6 Å². The lowest BCUT2D eigenvalue weighted by Gasteiger charge is -2.23. The first-order chi connectivity index (χ1) is 7.45. The minimum absolute atomic E-state index is 0.116. The smallest absolute Gasteiger partial charge is 0.0429 e. The molecule has 0 bridgehead atoms. The molecular formula is C14H24N2. The first-order valence-electron chi connectivity index (χ1n) is 5.97. The second-order valence-corrected chi connectivity index (χ2v) is 4.77. The SMILES string of the molecule is CCN(C)CC(N)c1c(C)cc(C)cc1C. The molecule has 1 rings (SSSR count). The van der Waals surface area contributed by atoms with Gasteiger partial charge in [0.05, 0.1) is 0 Å². The van der Waals surface area contributed by atoms with Gasteiger partial charge in [-0.25, -0.2) is 0 Å². The van der Waals surface area contributed by atoms with Gasteiger partial charge < -0.3 is 10.6 Å². The number of nitrogens with two attached hydrogens (primary N) is 1. The van der Waals surface area contributed by atoms with Crippen molar-refractivity contribution in [2.75, 3.05) is 20.1 Å². The highest BCUT2D eigenvalue weighted by atomic mass is 15.1. The predicted octanol–water partition coefficient (Wildman–Crippen LogP) is 2.56. The Hall–Kier alpha value is -0.860. The molecule has 1 atom stereocenters. The molecule has 90 valence electrons. The Bertz CT molecular complexity index is 335. The van der Waals surface area contributed by atoms with Crippen molar-refractivity contribution in [1.29, 1.82) is 0 Å². The molecule has 1 aromatic rings. The van der Waals surface area contributed by atoms with Crippen LogP contribution < -0.4 is 5.73 Å². The van der Waals surface area contributed by atoms with Crippen molar-refractivity contribution in [2.45, 2.75) is 33.7 Å². The second-order valence-electron chi connectivity index (χ2n) is 4.77. The van der Waals surface area contributed by atoms with Crippen LogP contribution in [0.25, 0.3) is 0 Å². The molecule has 0 aliphatic heterocycles. The highest BCUT2D eigenvalue weighted by molar-refractivity contribution is 5.39. The van der Waals surface area contributed by atoms with Gasteiger partial charge >= 0.3 is 0 Å². The Balaban J connectivity index is 2.95. The first-order valence-corrected chi connectivity index (χ1v) is 5.97. The van der Waals surface area contributed by atoms with E-state index in [1.54, 1.807) is 0 Å². The van der Waals surface area contributed by atoms with Gasteiger partial charge in [0.25, 0.3) is 0 Å². The van der Waals surface area contributed by atoms with E-state index in [0.29, 0.717) is 0 Å². The molecule has 0 heterocycles. The maximum Gasteiger partial charge on any atom is 0.0429 e. The van der Waals surface area contributed by atoms with Gasteiger partial charge in [0.2, 0.25) is 0 Å². The van der Waals surface area contributed by atoms with Crippen molar-refractivity contribution in [3.63, 3.8) is 0 Å². The Kier molecular flexibility index (Phi) is 4.51. The highest BCUT2D eigenvalue weighted by Crippen LogP contribution is 2.22. The van der Waals surface area contributed by atoms with Gasteiger partial charge in [-0.2, -0.15) is 0 Å². The molecule has 2 heteroatoms. The largest absolute Gasteiger partial charge is 0.323 e. The molecule has 0 aliphatic rings. The summed E-state index contributed by atoms with van der Waals surface area (Å²) >= 11 is 0. The van der Waals surface area contributed by atoms with Crippen LogP contribution in [0.4, 0.5) is 0 Å². The maximum atomic E-state index is 6.28. The zero-order valence-corrected chi connectivity index (χ0v) is 11.2. The van der Waals surface area contributed by atoms with Crippen molar-refractivity contribution in [3.05, 3.63) is 34.4 Å². The average Bonchev–Trinajstić information content (AvgIpc) is 2.15. The molecule has 1 aromatic carbocycles. The molecule has 0 radical (unpaired) electrons. The molecule has 0 spiro atoms. The van der Waals surface area contributed by atoms with Crippen LogP contribution in [0.15, 0.2) is 12.1 Å². The highest BCUT2D eigenvalue weighted by Gasteiger charge is 2.13. The molecule has 16 heavy (non-hydrogen) atoms. The second kappa shape index (κ2) is 5.46. The van der Waals surface area contributed by atoms with Gasteiger partial charge in [-0.05, 0) is 51.1 Å². The van der Waals surface area contributed by atoms with Crippen LogP contribution in [-0.2, 0) is 0 Å². The summed E-state index contributed by atoms with van der Waals surface area (Å²) in [5, 5.41) is 0. The van der Waals surface area contributed by atoms with E-state index in [9.17, 15) is 0 Å². The van der Waals surface area contributed by atoms with E-state index in [2.05, 4.69) is 51.8 Å². The molecule has 0 fully saturated rings. The van der Waals surface area contributed by atoms with Crippen LogP contribution in [0.5, 0.6) is 0 Å². The molecule has 2 N–H and O–H groups in total. The summed E-state index contributed by atoms with van der Waals surface area (Å²) in [5.41, 5.74) is 11.5. The van der Waals surface area contributed by atoms with Gasteiger partial charge in [-0.3, -0.25) is 0 Å². The molecule has 0 saturated heterocycles. The third kappa shape index (κ3) is 3.06. The van der Waals surface area contributed by atoms with Crippen LogP contribution in [0.3, 0.4) is 0 Å². The van der Waals surface area contributed by atoms with Crippen molar-refractivity contribution < 1.29 is 0 Å². The Morgan fingerprint density at radius 1 is 1.19 bits per heavy atom. The van der Waals surface area contributed by atoms with Gasteiger partial charge in [0, 0.05) is 12.6 Å². The van der Waals surface area contributed by atoms with Crippen LogP contribution in [0, 0.1) is 20.8 Å². The fourth-order valence-corrected chi connectivity index (χ4v) is 2.33. The van der Waals surface area contributed by atoms with E-state index >= 15 is 0 Å². The van der Waals surface area contributed by atoms with Gasteiger partial charge in [-0.15, -0.1) is 0 Å². The quantitative estimate of drug-likeness (QED) is 0.845. The Labute approximate surface area is 99.5 Å². The van der Waals surface area contributed by atoms with E-state index in [4.69, 9.17) is 5.73 Å². The van der Waals surface area contributed by atoms with Crippen molar-refractivity contribution in [2.24, 2.45) is 5.73 Å². The van der Waals surface area contributed by atoms with Crippen LogP contribution in [-0.4, -0.2) is 25.0 Å². The third-order valence-electron chi connectivity index (χ3n) is 3.16. The Morgan fingerprint density at radius 2 is 1.69 bits per heavy atom. The Morgan fingerprint density at radius 3 is 2.12 bits per heavy atom. The summed E-state index contributed by atoms with van der Waals surface area (Å²) in [6.45, 7) is 10.6. The van der Waals surface area contributed by atoms with Gasteiger partial charge in [0.1, 0.15) is 0 Å². The molecular weight excluding hydrogens is 196 g/mol. The summed E-state index contributed by atoms with van der Waals surface area (Å²) in [4.78, 5) is 2.25. The normalized spacial score (nSPS) is 13.2. The predicted molar refractivity (Wildman–Crippen MR) is 70.8 cm³/mol. The maximum absolute atomic E-state index is 6.28. The lowest BCUT2D eigenvalue weighted by molar-refractivity contribution is 0.328. The average molecular weight is 220 g/mol. The molecule has 0 aromatic heterocycles. The minimum Gasteiger partial charge on any atom is -0.323 e. The van der Waals surface area contributed by atoms with E-state index in [-0.39, 0.29) is 6.04 Å². The number of benzene rings is 1. The molecule has 1 unspecified atom stereocenters. The summed E-state index contributed by atoms with van der Waals surface area (Å²) in [7, 11) is 2.11. The zero-order valence-electron chi connectivity index (χ0n) is 11.2. The molecule has 0 amide bonds. The van der Waals surface area contributed by atoms with Crippen LogP contribution in [0.1, 0.15) is 35.2 Å². The van der Waals surface area contributed by atoms with Crippen molar-refractivity contribution in [1.82, 2.24) is 4.90 Å². The van der Waals surface area contributed by atoms with E-state index in [1.165, 1.54) is 22.3 Å². The van der Waals surface area contributed by atoms with Crippen LogP contribution in [0.2, 0.25) is 0 Å². The van der Waals surface area contributed by atoms with Crippen molar-refractivity contribution >= 4 is 0 Å². The number of rotatable bonds is 4. The van der Waals surface area contributed by atoms with E-state index in [1.807, 2.05) is 0 Å². The summed E-state index contributed by atoms with van der Waals surface area (Å²) in [6, 6.07) is 4.55. The summed E-state index contributed by atoms with van der Waals surface area (Å²) < 4.78 is 0. The van der Waals surface area contributed by atoms with Crippen molar-refractivity contribution in [3.8, 4) is 0 Å². The molecule has 2 nitrogen and oxygen atoms in total. The molecule has 0 saturated carbocycles. The number of likely N-dealkylation sites (N-methyl/N-ethyl adjacent to an activating group) is 1. The number of aryl methyl sites for hydroxylation is 3. The third-order valence-corrected chi connectivity index (χ3v) is 3.16. The topological polar surface area (TPSA) is 29.3 Å². The van der Waals surface area contributed by atoms with E-state index < -0.39 is 0 Å². The fourth-order valence-electron chi connectivity index (χ4n) is 2.33. The zero-order chi connectivity index (χ0) is 12.3. The monoisotopic (exact) mass is 220 g/mol. The van der Waals surface area contributed by atoms with E-state index in [0.717, 1.165) is 13.1 Å². The number of hydrogen-bond donors (Lipinski definition) is 1. The lowest BCUT2D eigenvalue weighted by Crippen LogP contribution is -2.29. The standard InChI is InChI=1S/C14H24N2/c1-6-16(5)9-13(15)14-11(3)7-10(2)8-12(14)4/h7-8,13H,6,9,15H2,1-5H3. The fraction of sp³-hybridized carbons (Fsp3) is 0.571. The minimum atomic E-state index is 0.116. The van der Waals surface area contributed by atoms with Crippen LogP contribution >= 0.6 is 0 Å². The number of nitrogens with zero attached hydrogens (tertiary/aromatic N) is 1. The summed E-state index contributed by atoms with van der Waals surface area (Å²) in [5.74, 6) is 0. The number of hydrogen-bond acceptors (Lipinski definition) is 2. The lowest BCUT2D eigenvalue weighted by atomic mass is 9.94.